The first kappa shape index (κ1) is 53.3. The molecule has 1 aromatic heterocycles. The van der Waals surface area contributed by atoms with Gasteiger partial charge in [-0.1, -0.05) is 69.7 Å². The molecule has 2 bridgehead atoms. The van der Waals surface area contributed by atoms with Crippen LogP contribution in [0.5, 0.6) is 0 Å². The molecule has 2 aromatic rings. The van der Waals surface area contributed by atoms with Crippen LogP contribution in [0.25, 0.3) is 11.4 Å². The zero-order valence-electron chi connectivity index (χ0n) is 41.7. The van der Waals surface area contributed by atoms with E-state index < -0.39 is 77.8 Å². The number of ketones is 2. The highest BCUT2D eigenvalue weighted by Gasteiger charge is 2.56. The Balaban J connectivity index is 1.28. The second-order valence-corrected chi connectivity index (χ2v) is 20.0. The molecule has 3 aliphatic heterocycles. The Kier molecular flexibility index (Phi) is 18.9. The van der Waals surface area contributed by atoms with Crippen LogP contribution in [-0.2, 0) is 54.2 Å². The number of benzene rings is 1. The molecule has 1 aromatic carbocycles. The van der Waals surface area contributed by atoms with E-state index in [0.29, 0.717) is 57.1 Å². The molecule has 6 rings (SSSR count). The summed E-state index contributed by atoms with van der Waals surface area (Å²) in [6, 6.07) is 6.85. The van der Waals surface area contributed by atoms with Crippen LogP contribution >= 0.6 is 0 Å². The lowest BCUT2D eigenvalue weighted by atomic mass is 9.81. The Morgan fingerprint density at radius 3 is 2.35 bits per heavy atom. The number of hydrogen-bond donors (Lipinski definition) is 3. The number of esters is 1. The number of rotatable bonds is 10. The molecule has 1 amide bonds. The van der Waals surface area contributed by atoms with Crippen molar-refractivity contribution in [3.05, 3.63) is 65.5 Å². The summed E-state index contributed by atoms with van der Waals surface area (Å²) in [6.07, 6.45) is 8.08. The number of carbonyl (C=O) groups is 4. The third-order valence-corrected chi connectivity index (χ3v) is 15.1. The normalized spacial score (nSPS) is 36.3. The van der Waals surface area contributed by atoms with E-state index in [1.54, 1.807) is 33.4 Å². The van der Waals surface area contributed by atoms with Crippen LogP contribution < -0.4 is 0 Å². The van der Waals surface area contributed by atoms with Crippen molar-refractivity contribution >= 4 is 23.4 Å². The van der Waals surface area contributed by atoms with Crippen LogP contribution in [0.2, 0.25) is 0 Å². The van der Waals surface area contributed by atoms with Crippen molar-refractivity contribution in [2.75, 3.05) is 27.9 Å². The average molecular weight is 948 g/mol. The van der Waals surface area contributed by atoms with Crippen LogP contribution in [0.1, 0.15) is 118 Å². The number of nitrogens with one attached hydrogen (secondary N) is 1. The van der Waals surface area contributed by atoms with E-state index in [1.807, 2.05) is 51.1 Å². The van der Waals surface area contributed by atoms with E-state index in [4.69, 9.17) is 28.4 Å². The van der Waals surface area contributed by atoms with Gasteiger partial charge in [0.15, 0.2) is 0 Å². The van der Waals surface area contributed by atoms with Gasteiger partial charge in [-0.2, -0.15) is 0 Å². The molecular weight excluding hydrogens is 871 g/mol. The lowest BCUT2D eigenvalue weighted by Gasteiger charge is -2.47. The molecule has 0 spiro atoms. The molecule has 4 heterocycles. The molecule has 14 atom stereocenters. The van der Waals surface area contributed by atoms with Crippen LogP contribution in [0.15, 0.2) is 60.0 Å². The van der Waals surface area contributed by atoms with Crippen LogP contribution in [0.3, 0.4) is 0 Å². The number of aliphatic hydroxyl groups is 2. The minimum absolute atomic E-state index is 0.00726. The predicted molar refractivity (Wildman–Crippen MR) is 255 cm³/mol. The summed E-state index contributed by atoms with van der Waals surface area (Å²) in [5.41, 5.74) is 3.66. The number of Topliss-reactive ketones (excluding diaryl/α,β-unsaturated/α-hetero) is 2. The highest BCUT2D eigenvalue weighted by Crippen LogP contribution is 2.40. The zero-order valence-corrected chi connectivity index (χ0v) is 41.7. The number of methoxy groups -OCH3 is 3. The highest BCUT2D eigenvalue weighted by molar-refractivity contribution is 6.39. The maximum atomic E-state index is 14.6. The largest absolute Gasteiger partial charge is 0.456 e. The van der Waals surface area contributed by atoms with Gasteiger partial charge < -0.3 is 48.5 Å². The summed E-state index contributed by atoms with van der Waals surface area (Å²) in [7, 11) is 4.76. The maximum absolute atomic E-state index is 14.6. The lowest BCUT2D eigenvalue weighted by molar-refractivity contribution is -0.302. The number of nitrogens with zero attached hydrogens (tertiary/aromatic N) is 2. The Hall–Kier alpha value is -4.09. The molecule has 376 valence electrons. The van der Waals surface area contributed by atoms with Crippen molar-refractivity contribution in [2.45, 2.75) is 173 Å². The van der Waals surface area contributed by atoms with E-state index in [-0.39, 0.29) is 55.6 Å². The fraction of sp³-hybridized carbons (Fsp3) is 0.679. The van der Waals surface area contributed by atoms with Crippen molar-refractivity contribution in [1.82, 2.24) is 14.9 Å². The smallest absolute Gasteiger partial charge is 0.329 e. The maximum Gasteiger partial charge on any atom is 0.329 e. The van der Waals surface area contributed by atoms with E-state index >= 15 is 0 Å². The number of fused-ring (bicyclic) bond motifs is 3. The van der Waals surface area contributed by atoms with Gasteiger partial charge in [0.25, 0.3) is 11.7 Å². The van der Waals surface area contributed by atoms with Gasteiger partial charge in [-0.15, -0.1) is 0 Å². The molecule has 15 nitrogen and oxygen atoms in total. The minimum Gasteiger partial charge on any atom is -0.456 e. The summed E-state index contributed by atoms with van der Waals surface area (Å²) >= 11 is 0. The van der Waals surface area contributed by atoms with Gasteiger partial charge in [0.05, 0.1) is 37.1 Å². The Morgan fingerprint density at radius 1 is 0.941 bits per heavy atom. The van der Waals surface area contributed by atoms with Gasteiger partial charge in [0.2, 0.25) is 5.79 Å². The number of hydrogen-bond acceptors (Lipinski definition) is 13. The number of piperidine rings is 1. The molecular formula is C53H77N3O12. The number of allylic oxidation sites excluding steroid dienone is 3. The quantitative estimate of drug-likeness (QED) is 0.124. The monoisotopic (exact) mass is 948 g/mol. The third-order valence-electron chi connectivity index (χ3n) is 15.1. The first-order valence-electron chi connectivity index (χ1n) is 24.8. The van der Waals surface area contributed by atoms with E-state index in [2.05, 4.69) is 23.0 Å². The number of carbonyl (C=O) groups excluding carboxylic acids is 4. The lowest BCUT2D eigenvalue weighted by Crippen LogP contribution is -2.64. The third kappa shape index (κ3) is 12.4. The summed E-state index contributed by atoms with van der Waals surface area (Å²) < 4.78 is 37.0. The molecule has 68 heavy (non-hydrogen) atoms. The number of aromatic amines is 1. The number of aromatic nitrogens is 2. The predicted octanol–water partition coefficient (Wildman–Crippen LogP) is 7.09. The van der Waals surface area contributed by atoms with E-state index in [0.717, 1.165) is 28.9 Å². The standard InChI is InChI=1S/C53H77N3O12/c1-10-37-24-31(2)23-32(3)25-45(64-8)48-46(65-9)27-34(5)53(62,68-48)49(59)51(60)56-22-14-13-17-40(56)52(61)67-47(35(6)41(57)29-42(37)58)33(4)26-36-18-19-43(44(28-36)63-7)66-30-38-15-11-12-16-39(38)50-54-20-21-55-50/h11-12,15-16,20-21,24,26,32,34-37,40-41,43-48,57,62H,10,13-14,17-19,22-23,25,27-30H2,1-9H3,(H,54,55)/b31-24+,33-26?. The Morgan fingerprint density at radius 2 is 1.66 bits per heavy atom. The van der Waals surface area contributed by atoms with Gasteiger partial charge in [-0.25, -0.2) is 9.78 Å². The molecule has 15 heteroatoms. The van der Waals surface area contributed by atoms with Crippen molar-refractivity contribution < 1.29 is 57.8 Å². The molecule has 3 fully saturated rings. The van der Waals surface area contributed by atoms with Crippen molar-refractivity contribution in [3.8, 4) is 11.4 Å². The number of imidazole rings is 1. The van der Waals surface area contributed by atoms with Gasteiger partial charge in [-0.3, -0.25) is 14.4 Å². The van der Waals surface area contributed by atoms with Gasteiger partial charge in [0.1, 0.15) is 29.9 Å². The van der Waals surface area contributed by atoms with Gasteiger partial charge in [-0.05, 0) is 101 Å². The first-order valence-corrected chi connectivity index (χ1v) is 24.8. The number of H-pyrrole nitrogens is 1. The van der Waals surface area contributed by atoms with Gasteiger partial charge in [0, 0.05) is 70.0 Å². The average Bonchev–Trinajstić information content (AvgIpc) is 3.88. The topological polar surface area (TPSA) is 196 Å². The molecule has 1 saturated carbocycles. The van der Waals surface area contributed by atoms with Gasteiger partial charge >= 0.3 is 5.97 Å². The number of aliphatic hydroxyl groups excluding tert-OH is 1. The second-order valence-electron chi connectivity index (χ2n) is 20.0. The molecule has 0 radical (unpaired) electrons. The van der Waals surface area contributed by atoms with Crippen LogP contribution in [-0.4, -0.2) is 131 Å². The van der Waals surface area contributed by atoms with Crippen molar-refractivity contribution in [2.24, 2.45) is 29.6 Å². The van der Waals surface area contributed by atoms with E-state index in [9.17, 15) is 29.4 Å². The number of amides is 1. The first-order chi connectivity index (χ1) is 32.5. The summed E-state index contributed by atoms with van der Waals surface area (Å²) in [4.78, 5) is 66.2. The number of ether oxygens (including phenoxy) is 6. The minimum atomic E-state index is -2.51. The SMILES string of the molecule is CCC1/C=C(\C)CC(C)CC(OC)C2OC(O)(C(=O)C(=O)N3CCCCC3C(=O)OC(C(C)=CC3CCC(OCc4ccccc4-c4ncc[nH]4)C(OC)C3)C(C)C(O)CC1=O)C(C)CC2OC. The number of cyclic esters (lactones) is 1. The fourth-order valence-corrected chi connectivity index (χ4v) is 11.1. The molecule has 2 saturated heterocycles. The second kappa shape index (κ2) is 24.2. The summed E-state index contributed by atoms with van der Waals surface area (Å²) in [5.74, 6) is -6.76. The molecule has 4 aliphatic rings. The zero-order chi connectivity index (χ0) is 49.3. The molecule has 1 aliphatic carbocycles. The Bertz CT molecular complexity index is 2070. The molecule has 14 unspecified atom stereocenters. The fourth-order valence-electron chi connectivity index (χ4n) is 11.1. The van der Waals surface area contributed by atoms with E-state index in [1.165, 1.54) is 19.1 Å². The summed E-state index contributed by atoms with van der Waals surface area (Å²) in [6.45, 7) is 11.7. The van der Waals surface area contributed by atoms with Crippen LogP contribution in [0, 0.1) is 29.6 Å². The Labute approximate surface area is 402 Å². The van der Waals surface area contributed by atoms with Crippen LogP contribution in [0.4, 0.5) is 0 Å². The molecule has 3 N–H and O–H groups in total. The van der Waals surface area contributed by atoms with Crippen molar-refractivity contribution in [3.63, 3.8) is 0 Å². The highest BCUT2D eigenvalue weighted by atomic mass is 16.7. The van der Waals surface area contributed by atoms with Crippen molar-refractivity contribution in [1.29, 1.82) is 0 Å². The summed E-state index contributed by atoms with van der Waals surface area (Å²) in [5, 5.41) is 24.0.